The Hall–Kier alpha value is -2.10. The molecule has 0 aliphatic heterocycles. The van der Waals surface area contributed by atoms with Crippen LogP contribution in [0, 0.1) is 3.57 Å². The molecule has 0 radical (unpaired) electrons. The predicted octanol–water partition coefficient (Wildman–Crippen LogP) is 1.45. The van der Waals surface area contributed by atoms with E-state index in [1.807, 2.05) is 22.6 Å². The molecule has 1 heterocycles. The molecule has 1 aromatic heterocycles. The molecular weight excluding hydrogens is 365 g/mol. The number of nitrogens with two attached hydrogens (primary N) is 1. The van der Waals surface area contributed by atoms with Crippen molar-refractivity contribution in [3.63, 3.8) is 0 Å². The third kappa shape index (κ3) is 2.84. The smallest absolute Gasteiger partial charge is 0.335 e. The number of nitrogens with one attached hydrogen (secondary N) is 1. The van der Waals surface area contributed by atoms with Crippen LogP contribution >= 0.6 is 22.6 Å². The number of ether oxygens (including phenoxy) is 1. The zero-order chi connectivity index (χ0) is 14.0. The van der Waals surface area contributed by atoms with Crippen LogP contribution in [0.5, 0.6) is 11.6 Å². The lowest BCUT2D eigenvalue weighted by Crippen LogP contribution is -2.13. The molecule has 0 atom stereocenters. The number of H-pyrrole nitrogens is 1. The van der Waals surface area contributed by atoms with Gasteiger partial charge >= 0.3 is 5.97 Å². The number of carboxylic acid groups (broad SMARTS) is 1. The maximum atomic E-state index is 11.3. The van der Waals surface area contributed by atoms with Crippen molar-refractivity contribution < 1.29 is 14.6 Å². The molecule has 0 aliphatic rings. The van der Waals surface area contributed by atoms with Crippen molar-refractivity contribution in [2.75, 3.05) is 5.73 Å². The molecule has 0 saturated carbocycles. The summed E-state index contributed by atoms with van der Waals surface area (Å²) in [6, 6.07) is 4.38. The van der Waals surface area contributed by atoms with Gasteiger partial charge in [0.2, 0.25) is 5.88 Å². The van der Waals surface area contributed by atoms with Gasteiger partial charge in [-0.3, -0.25) is 4.79 Å². The molecule has 8 heteroatoms. The molecule has 0 aliphatic carbocycles. The van der Waals surface area contributed by atoms with E-state index in [0.29, 0.717) is 3.57 Å². The van der Waals surface area contributed by atoms with Gasteiger partial charge in [-0.1, -0.05) is 0 Å². The number of carbonyl (C=O) groups is 1. The molecule has 0 spiro atoms. The Bertz CT molecular complexity index is 699. The molecule has 0 amide bonds. The maximum absolute atomic E-state index is 11.3. The van der Waals surface area contributed by atoms with Crippen molar-refractivity contribution in [2.45, 2.75) is 0 Å². The monoisotopic (exact) mass is 373 g/mol. The fraction of sp³-hybridized carbons (Fsp3) is 0. The molecule has 0 saturated heterocycles. The highest BCUT2D eigenvalue weighted by Gasteiger charge is 2.12. The van der Waals surface area contributed by atoms with Gasteiger partial charge in [-0.25, -0.2) is 9.78 Å². The first kappa shape index (κ1) is 13.3. The van der Waals surface area contributed by atoms with Gasteiger partial charge in [0.1, 0.15) is 5.75 Å². The van der Waals surface area contributed by atoms with Crippen LogP contribution in [0.3, 0.4) is 0 Å². The van der Waals surface area contributed by atoms with E-state index in [0.717, 1.165) is 6.33 Å². The Kier molecular flexibility index (Phi) is 3.69. The number of nitrogens with zero attached hydrogens (tertiary/aromatic N) is 1. The van der Waals surface area contributed by atoms with Gasteiger partial charge < -0.3 is 20.6 Å². The van der Waals surface area contributed by atoms with Crippen LogP contribution in [0.1, 0.15) is 10.4 Å². The minimum absolute atomic E-state index is 0.0656. The minimum Gasteiger partial charge on any atom is -0.478 e. The fourth-order valence-corrected chi connectivity index (χ4v) is 1.74. The van der Waals surface area contributed by atoms with Gasteiger partial charge in [-0.15, -0.1) is 0 Å². The Morgan fingerprint density at radius 1 is 1.47 bits per heavy atom. The van der Waals surface area contributed by atoms with Crippen LogP contribution in [0.15, 0.2) is 29.3 Å². The summed E-state index contributed by atoms with van der Waals surface area (Å²) in [5, 5.41) is 8.91. The normalized spacial score (nSPS) is 10.2. The standard InChI is InChI=1S/C11H8IN3O4/c12-6-2-1-5(11(17)18)3-7(6)19-10-8(13)9(16)14-4-15-10/h1-4H,13H2,(H,17,18)(H,14,15,16). The van der Waals surface area contributed by atoms with Gasteiger partial charge in [0, 0.05) is 0 Å². The summed E-state index contributed by atoms with van der Waals surface area (Å²) in [6.45, 7) is 0. The number of aromatic carboxylic acids is 1. The number of nitrogen functional groups attached to an aromatic ring is 1. The zero-order valence-electron chi connectivity index (χ0n) is 9.38. The van der Waals surface area contributed by atoms with Gasteiger partial charge in [0.25, 0.3) is 5.56 Å². The number of carboxylic acids is 1. The second-order valence-electron chi connectivity index (χ2n) is 3.50. The number of rotatable bonds is 3. The van der Waals surface area contributed by atoms with E-state index in [-0.39, 0.29) is 22.9 Å². The molecule has 0 unspecified atom stereocenters. The molecule has 0 fully saturated rings. The lowest BCUT2D eigenvalue weighted by molar-refractivity contribution is 0.0696. The number of halogens is 1. The highest BCUT2D eigenvalue weighted by molar-refractivity contribution is 14.1. The van der Waals surface area contributed by atoms with Crippen LogP contribution < -0.4 is 16.0 Å². The van der Waals surface area contributed by atoms with Gasteiger partial charge in [-0.05, 0) is 40.8 Å². The van der Waals surface area contributed by atoms with Crippen molar-refractivity contribution in [3.05, 3.63) is 44.0 Å². The average Bonchev–Trinajstić information content (AvgIpc) is 2.37. The van der Waals surface area contributed by atoms with Gasteiger partial charge in [-0.2, -0.15) is 0 Å². The molecule has 98 valence electrons. The van der Waals surface area contributed by atoms with Crippen LogP contribution in [0.2, 0.25) is 0 Å². The zero-order valence-corrected chi connectivity index (χ0v) is 11.5. The van der Waals surface area contributed by atoms with Crippen LogP contribution in [0.25, 0.3) is 0 Å². The highest BCUT2D eigenvalue weighted by Crippen LogP contribution is 2.28. The van der Waals surface area contributed by atoms with E-state index in [9.17, 15) is 9.59 Å². The van der Waals surface area contributed by atoms with E-state index < -0.39 is 11.5 Å². The van der Waals surface area contributed by atoms with E-state index in [1.165, 1.54) is 12.1 Å². The molecule has 2 rings (SSSR count). The van der Waals surface area contributed by atoms with Gasteiger partial charge in [0.05, 0.1) is 15.5 Å². The van der Waals surface area contributed by atoms with Crippen LogP contribution in [-0.2, 0) is 0 Å². The van der Waals surface area contributed by atoms with Gasteiger partial charge in [0.15, 0.2) is 5.69 Å². The summed E-state index contributed by atoms with van der Waals surface area (Å²) in [4.78, 5) is 28.3. The van der Waals surface area contributed by atoms with Crippen LogP contribution in [0.4, 0.5) is 5.69 Å². The molecule has 7 nitrogen and oxygen atoms in total. The Labute approximate surface area is 120 Å². The first-order valence-electron chi connectivity index (χ1n) is 5.03. The second-order valence-corrected chi connectivity index (χ2v) is 4.67. The largest absolute Gasteiger partial charge is 0.478 e. The predicted molar refractivity (Wildman–Crippen MR) is 75.5 cm³/mol. The number of aromatic amines is 1. The summed E-state index contributed by atoms with van der Waals surface area (Å²) < 4.78 is 6.06. The van der Waals surface area contributed by atoms with Crippen LogP contribution in [-0.4, -0.2) is 21.0 Å². The van der Waals surface area contributed by atoms with Crippen molar-refractivity contribution in [1.82, 2.24) is 9.97 Å². The highest BCUT2D eigenvalue weighted by atomic mass is 127. The number of anilines is 1. The SMILES string of the molecule is Nc1c(Oc2cc(C(=O)O)ccc2I)nc[nH]c1=O. The van der Waals surface area contributed by atoms with Crippen molar-refractivity contribution in [1.29, 1.82) is 0 Å². The molecule has 0 bridgehead atoms. The topological polar surface area (TPSA) is 118 Å². The molecular formula is C11H8IN3O4. The van der Waals surface area contributed by atoms with E-state index in [2.05, 4.69) is 9.97 Å². The summed E-state index contributed by atoms with van der Waals surface area (Å²) in [7, 11) is 0. The number of hydrogen-bond acceptors (Lipinski definition) is 5. The first-order chi connectivity index (χ1) is 8.99. The maximum Gasteiger partial charge on any atom is 0.335 e. The van der Waals surface area contributed by atoms with Crippen molar-refractivity contribution in [3.8, 4) is 11.6 Å². The lowest BCUT2D eigenvalue weighted by atomic mass is 10.2. The summed E-state index contributed by atoms with van der Waals surface area (Å²) in [6.07, 6.45) is 1.15. The van der Waals surface area contributed by atoms with Crippen molar-refractivity contribution in [2.24, 2.45) is 0 Å². The van der Waals surface area contributed by atoms with Crippen molar-refractivity contribution >= 4 is 34.2 Å². The third-order valence-corrected chi connectivity index (χ3v) is 3.13. The Morgan fingerprint density at radius 2 is 2.21 bits per heavy atom. The molecule has 1 aromatic carbocycles. The van der Waals surface area contributed by atoms with E-state index >= 15 is 0 Å². The second kappa shape index (κ2) is 5.26. The number of hydrogen-bond donors (Lipinski definition) is 3. The minimum atomic E-state index is -1.08. The Balaban J connectivity index is 2.43. The molecule has 2 aromatic rings. The fourth-order valence-electron chi connectivity index (χ4n) is 1.29. The first-order valence-corrected chi connectivity index (χ1v) is 6.11. The van der Waals surface area contributed by atoms with E-state index in [4.69, 9.17) is 15.6 Å². The summed E-state index contributed by atoms with van der Waals surface area (Å²) >= 11 is 1.98. The quantitative estimate of drug-likeness (QED) is 0.701. The molecule has 4 N–H and O–H groups in total. The third-order valence-electron chi connectivity index (χ3n) is 2.24. The average molecular weight is 373 g/mol. The summed E-state index contributed by atoms with van der Waals surface area (Å²) in [5.74, 6) is -0.873. The lowest BCUT2D eigenvalue weighted by Gasteiger charge is -2.08. The summed E-state index contributed by atoms with van der Waals surface area (Å²) in [5.41, 5.74) is 4.91. The van der Waals surface area contributed by atoms with E-state index in [1.54, 1.807) is 6.07 Å². The number of benzene rings is 1. The molecule has 19 heavy (non-hydrogen) atoms. The number of aromatic nitrogens is 2. The Morgan fingerprint density at radius 3 is 2.89 bits per heavy atom.